The van der Waals surface area contributed by atoms with Crippen molar-refractivity contribution in [3.05, 3.63) is 35.9 Å². The molecule has 0 spiro atoms. The van der Waals surface area contributed by atoms with Gasteiger partial charge in [0, 0.05) is 18.2 Å². The number of rotatable bonds is 6. The van der Waals surface area contributed by atoms with Gasteiger partial charge in [-0.15, -0.1) is 0 Å². The minimum Gasteiger partial charge on any atom is -0.354 e. The molecule has 2 fully saturated rings. The molecule has 3 atom stereocenters. The van der Waals surface area contributed by atoms with E-state index in [-0.39, 0.29) is 23.9 Å². The van der Waals surface area contributed by atoms with E-state index in [2.05, 4.69) is 12.2 Å². The summed E-state index contributed by atoms with van der Waals surface area (Å²) in [6, 6.07) is 9.34. The van der Waals surface area contributed by atoms with Crippen LogP contribution in [0.3, 0.4) is 0 Å². The van der Waals surface area contributed by atoms with Gasteiger partial charge < -0.3 is 10.2 Å². The Morgan fingerprint density at radius 3 is 2.64 bits per heavy atom. The van der Waals surface area contributed by atoms with E-state index in [0.717, 1.165) is 44.9 Å². The number of carbonyl (C=O) groups excluding carboxylic acids is 2. The molecular formula is C21H30N2O2. The molecule has 2 aliphatic rings. The van der Waals surface area contributed by atoms with Crippen molar-refractivity contribution in [2.75, 3.05) is 6.54 Å². The molecule has 1 aromatic rings. The van der Waals surface area contributed by atoms with Gasteiger partial charge in [-0.05, 0) is 43.7 Å². The number of nitrogens with zero attached hydrogens (tertiary/aromatic N) is 1. The molecule has 0 aromatic heterocycles. The normalized spacial score (nSPS) is 25.5. The van der Waals surface area contributed by atoms with Crippen LogP contribution in [0.15, 0.2) is 30.3 Å². The third-order valence-corrected chi connectivity index (χ3v) is 5.73. The molecule has 1 aliphatic heterocycles. The molecule has 1 N–H and O–H groups in total. The number of hydrogen-bond acceptors (Lipinski definition) is 2. The molecule has 3 rings (SSSR count). The highest BCUT2D eigenvalue weighted by atomic mass is 16.2. The van der Waals surface area contributed by atoms with E-state index in [4.69, 9.17) is 0 Å². The van der Waals surface area contributed by atoms with E-state index in [0.29, 0.717) is 18.0 Å². The second kappa shape index (κ2) is 8.50. The summed E-state index contributed by atoms with van der Waals surface area (Å²) in [6.07, 6.45) is 8.65. The second-order valence-corrected chi connectivity index (χ2v) is 7.44. The first kappa shape index (κ1) is 18.0. The Balaban J connectivity index is 1.75. The summed E-state index contributed by atoms with van der Waals surface area (Å²) in [5.74, 6) is 0.534. The van der Waals surface area contributed by atoms with Crippen molar-refractivity contribution in [1.82, 2.24) is 10.2 Å². The fourth-order valence-electron chi connectivity index (χ4n) is 4.42. The van der Waals surface area contributed by atoms with E-state index in [1.807, 2.05) is 35.2 Å². The Hall–Kier alpha value is -1.84. The zero-order valence-electron chi connectivity index (χ0n) is 15.2. The minimum atomic E-state index is -0.303. The fourth-order valence-corrected chi connectivity index (χ4v) is 4.42. The lowest BCUT2D eigenvalue weighted by atomic mass is 9.84. The van der Waals surface area contributed by atoms with E-state index in [1.165, 1.54) is 6.42 Å². The average Bonchev–Trinajstić information content (AvgIpc) is 3.05. The summed E-state index contributed by atoms with van der Waals surface area (Å²) < 4.78 is 0. The van der Waals surface area contributed by atoms with E-state index in [1.54, 1.807) is 0 Å². The van der Waals surface area contributed by atoms with Gasteiger partial charge in [0.1, 0.15) is 6.04 Å². The van der Waals surface area contributed by atoms with E-state index >= 15 is 0 Å². The van der Waals surface area contributed by atoms with E-state index in [9.17, 15) is 9.59 Å². The van der Waals surface area contributed by atoms with Gasteiger partial charge in [-0.1, -0.05) is 50.8 Å². The highest BCUT2D eigenvalue weighted by Crippen LogP contribution is 2.40. The molecule has 3 unspecified atom stereocenters. The number of carbonyl (C=O) groups is 2. The second-order valence-electron chi connectivity index (χ2n) is 7.44. The van der Waals surface area contributed by atoms with Crippen LogP contribution in [0.2, 0.25) is 0 Å². The van der Waals surface area contributed by atoms with Crippen LogP contribution in [0.25, 0.3) is 0 Å². The fraction of sp³-hybridized carbons (Fsp3) is 0.619. The average molecular weight is 342 g/mol. The predicted molar refractivity (Wildman–Crippen MR) is 99.3 cm³/mol. The van der Waals surface area contributed by atoms with Gasteiger partial charge in [0.2, 0.25) is 5.91 Å². The van der Waals surface area contributed by atoms with Crippen LogP contribution in [-0.4, -0.2) is 35.3 Å². The van der Waals surface area contributed by atoms with Gasteiger partial charge in [-0.2, -0.15) is 0 Å². The molecule has 1 aliphatic carbocycles. The van der Waals surface area contributed by atoms with Gasteiger partial charge in [0.15, 0.2) is 0 Å². The first-order valence-corrected chi connectivity index (χ1v) is 9.87. The van der Waals surface area contributed by atoms with Crippen LogP contribution in [0.4, 0.5) is 0 Å². The summed E-state index contributed by atoms with van der Waals surface area (Å²) in [5.41, 5.74) is 0.692. The van der Waals surface area contributed by atoms with Crippen molar-refractivity contribution >= 4 is 11.8 Å². The maximum Gasteiger partial charge on any atom is 0.254 e. The van der Waals surface area contributed by atoms with Gasteiger partial charge >= 0.3 is 0 Å². The largest absolute Gasteiger partial charge is 0.354 e. The van der Waals surface area contributed by atoms with Gasteiger partial charge in [-0.25, -0.2) is 0 Å². The van der Waals surface area contributed by atoms with Gasteiger partial charge in [0.25, 0.3) is 5.91 Å². The molecule has 4 heteroatoms. The van der Waals surface area contributed by atoms with Crippen molar-refractivity contribution < 1.29 is 9.59 Å². The highest BCUT2D eigenvalue weighted by molar-refractivity contribution is 5.98. The summed E-state index contributed by atoms with van der Waals surface area (Å²) >= 11 is 0. The lowest BCUT2D eigenvalue weighted by Crippen LogP contribution is -2.49. The standard InChI is InChI=1S/C21H30N2O2/c1-2-3-9-14-22-20(24)19-15-17-12-7-8-13-18(17)23(19)21(25)16-10-5-4-6-11-16/h4-6,10-11,17-19H,2-3,7-9,12-15H2,1H3,(H,22,24). The molecule has 136 valence electrons. The number of hydrogen-bond donors (Lipinski definition) is 1. The van der Waals surface area contributed by atoms with Crippen molar-refractivity contribution in [3.8, 4) is 0 Å². The van der Waals surface area contributed by atoms with Crippen LogP contribution in [-0.2, 0) is 4.79 Å². The summed E-state index contributed by atoms with van der Waals surface area (Å²) in [5, 5.41) is 3.07. The number of nitrogens with one attached hydrogen (secondary N) is 1. The van der Waals surface area contributed by atoms with E-state index < -0.39 is 0 Å². The molecule has 2 amide bonds. The molecule has 4 nitrogen and oxygen atoms in total. The quantitative estimate of drug-likeness (QED) is 0.800. The molecule has 1 saturated heterocycles. The Morgan fingerprint density at radius 1 is 1.12 bits per heavy atom. The monoisotopic (exact) mass is 342 g/mol. The molecule has 0 bridgehead atoms. The maximum absolute atomic E-state index is 13.1. The topological polar surface area (TPSA) is 49.4 Å². The van der Waals surface area contributed by atoms with Crippen molar-refractivity contribution in [2.24, 2.45) is 5.92 Å². The summed E-state index contributed by atoms with van der Waals surface area (Å²) in [7, 11) is 0. The van der Waals surface area contributed by atoms with Crippen LogP contribution in [0, 0.1) is 5.92 Å². The molecule has 1 saturated carbocycles. The minimum absolute atomic E-state index is 0.0173. The number of likely N-dealkylation sites (tertiary alicyclic amines) is 1. The number of fused-ring (bicyclic) bond motifs is 1. The van der Waals surface area contributed by atoms with Gasteiger partial charge in [0.05, 0.1) is 0 Å². The zero-order valence-corrected chi connectivity index (χ0v) is 15.2. The Labute approximate surface area is 151 Å². The maximum atomic E-state index is 13.1. The first-order chi connectivity index (χ1) is 12.2. The third kappa shape index (κ3) is 4.05. The van der Waals surface area contributed by atoms with Crippen LogP contribution in [0.1, 0.15) is 68.6 Å². The molecule has 1 heterocycles. The highest BCUT2D eigenvalue weighted by Gasteiger charge is 2.47. The summed E-state index contributed by atoms with van der Waals surface area (Å²) in [4.78, 5) is 27.8. The smallest absolute Gasteiger partial charge is 0.254 e. The van der Waals surface area contributed by atoms with Crippen LogP contribution < -0.4 is 5.32 Å². The Kier molecular flexibility index (Phi) is 6.11. The van der Waals surface area contributed by atoms with Crippen molar-refractivity contribution in [3.63, 3.8) is 0 Å². The summed E-state index contributed by atoms with van der Waals surface area (Å²) in [6.45, 7) is 2.87. The zero-order chi connectivity index (χ0) is 17.6. The van der Waals surface area contributed by atoms with Crippen molar-refractivity contribution in [1.29, 1.82) is 0 Å². The SMILES string of the molecule is CCCCCNC(=O)C1CC2CCCCC2N1C(=O)c1ccccc1. The molecule has 0 radical (unpaired) electrons. The molecular weight excluding hydrogens is 312 g/mol. The molecule has 25 heavy (non-hydrogen) atoms. The number of unbranched alkanes of at least 4 members (excludes halogenated alkanes) is 2. The molecule has 1 aromatic carbocycles. The van der Waals surface area contributed by atoms with Crippen LogP contribution >= 0.6 is 0 Å². The third-order valence-electron chi connectivity index (χ3n) is 5.73. The van der Waals surface area contributed by atoms with Crippen molar-refractivity contribution in [2.45, 2.75) is 70.4 Å². The first-order valence-electron chi connectivity index (χ1n) is 9.87. The Morgan fingerprint density at radius 2 is 1.88 bits per heavy atom. The lowest BCUT2D eigenvalue weighted by molar-refractivity contribution is -0.125. The van der Waals surface area contributed by atoms with Gasteiger partial charge in [-0.3, -0.25) is 9.59 Å². The number of benzene rings is 1. The lowest BCUT2D eigenvalue weighted by Gasteiger charge is -2.33. The Bertz CT molecular complexity index is 587. The van der Waals surface area contributed by atoms with Crippen LogP contribution in [0.5, 0.6) is 0 Å². The number of amides is 2. The predicted octanol–water partition coefficient (Wildman–Crippen LogP) is 3.77.